The molecule has 2 aliphatic carbocycles. The van der Waals surface area contributed by atoms with E-state index in [0.29, 0.717) is 5.92 Å². The summed E-state index contributed by atoms with van der Waals surface area (Å²) >= 11 is 0. The average molecular weight is 299 g/mol. The molecule has 3 aliphatic rings. The van der Waals surface area contributed by atoms with E-state index in [1.165, 1.54) is 6.42 Å². The van der Waals surface area contributed by atoms with E-state index in [-0.39, 0.29) is 16.7 Å². The van der Waals surface area contributed by atoms with Crippen LogP contribution in [0.3, 0.4) is 0 Å². The Labute approximate surface area is 132 Å². The second kappa shape index (κ2) is 4.14. The lowest BCUT2D eigenvalue weighted by Gasteiger charge is -2.40. The molecule has 118 valence electrons. The third kappa shape index (κ3) is 1.43. The molecule has 1 aliphatic heterocycles. The normalized spacial score (nSPS) is 41.9. The van der Waals surface area contributed by atoms with Crippen molar-refractivity contribution in [3.63, 3.8) is 0 Å². The summed E-state index contributed by atoms with van der Waals surface area (Å²) in [6, 6.07) is 6.18. The van der Waals surface area contributed by atoms with Crippen LogP contribution in [0.1, 0.15) is 44.2 Å². The summed E-state index contributed by atoms with van der Waals surface area (Å²) in [6.45, 7) is 9.42. The number of aryl methyl sites for hydroxylation is 2. The van der Waals surface area contributed by atoms with Crippen molar-refractivity contribution >= 4 is 11.6 Å². The Morgan fingerprint density at radius 1 is 1.32 bits per heavy atom. The zero-order chi connectivity index (χ0) is 15.8. The molecule has 1 aromatic carbocycles. The minimum atomic E-state index is -0.624. The molecule has 0 spiro atoms. The number of benzene rings is 1. The molecule has 4 unspecified atom stereocenters. The van der Waals surface area contributed by atoms with Crippen LogP contribution in [0.25, 0.3) is 0 Å². The van der Waals surface area contributed by atoms with Crippen LogP contribution < -0.4 is 5.32 Å². The predicted molar refractivity (Wildman–Crippen MR) is 86.8 cm³/mol. The van der Waals surface area contributed by atoms with Gasteiger partial charge >= 0.3 is 0 Å². The second-order valence-corrected chi connectivity index (χ2v) is 8.08. The Morgan fingerprint density at radius 3 is 2.77 bits per heavy atom. The molecule has 4 rings (SSSR count). The predicted octanol–water partition coefficient (Wildman–Crippen LogP) is 3.84. The number of rotatable bonds is 2. The first-order chi connectivity index (χ1) is 10.3. The van der Waals surface area contributed by atoms with Gasteiger partial charge in [-0.2, -0.15) is 0 Å². The molecule has 3 fully saturated rings. The highest BCUT2D eigenvalue weighted by atomic mass is 16.5. The standard InChI is InChI=1S/C19H25NO2/c1-12-5-6-13(2)15(9-12)20-16(21)19-10-14-7-8-18(19,4)17(14,3)11-22-19/h5-6,9,14H,7-8,10-11H2,1-4H3,(H,20,21). The highest BCUT2D eigenvalue weighted by Crippen LogP contribution is 2.75. The molecule has 3 heteroatoms. The maximum Gasteiger partial charge on any atom is 0.257 e. The first kappa shape index (κ1) is 14.3. The molecule has 22 heavy (non-hydrogen) atoms. The van der Waals surface area contributed by atoms with E-state index in [4.69, 9.17) is 4.74 Å². The van der Waals surface area contributed by atoms with Gasteiger partial charge in [-0.05, 0) is 56.2 Å². The molecule has 1 aromatic rings. The first-order valence-electron chi connectivity index (χ1n) is 8.35. The fourth-order valence-corrected chi connectivity index (χ4v) is 5.35. The number of carbonyl (C=O) groups is 1. The summed E-state index contributed by atoms with van der Waals surface area (Å²) in [4.78, 5) is 13.2. The molecule has 1 N–H and O–H groups in total. The van der Waals surface area contributed by atoms with Crippen molar-refractivity contribution in [2.24, 2.45) is 16.7 Å². The zero-order valence-corrected chi connectivity index (χ0v) is 14.0. The van der Waals surface area contributed by atoms with E-state index >= 15 is 0 Å². The highest BCUT2D eigenvalue weighted by Gasteiger charge is 2.78. The second-order valence-electron chi connectivity index (χ2n) is 8.08. The van der Waals surface area contributed by atoms with Crippen molar-refractivity contribution in [2.45, 2.75) is 52.6 Å². The van der Waals surface area contributed by atoms with E-state index in [1.807, 2.05) is 13.0 Å². The summed E-state index contributed by atoms with van der Waals surface area (Å²) in [6.07, 6.45) is 3.24. The first-order valence-corrected chi connectivity index (χ1v) is 8.35. The van der Waals surface area contributed by atoms with Gasteiger partial charge in [0, 0.05) is 16.5 Å². The Morgan fingerprint density at radius 2 is 2.09 bits per heavy atom. The van der Waals surface area contributed by atoms with Crippen molar-refractivity contribution < 1.29 is 9.53 Å². The number of amides is 1. The zero-order valence-electron chi connectivity index (χ0n) is 14.0. The maximum absolute atomic E-state index is 13.2. The lowest BCUT2D eigenvalue weighted by molar-refractivity contribution is -0.149. The van der Waals surface area contributed by atoms with E-state index in [2.05, 4.69) is 38.2 Å². The van der Waals surface area contributed by atoms with Gasteiger partial charge < -0.3 is 10.1 Å². The topological polar surface area (TPSA) is 38.3 Å². The van der Waals surface area contributed by atoms with Crippen molar-refractivity contribution in [2.75, 3.05) is 11.9 Å². The van der Waals surface area contributed by atoms with Gasteiger partial charge in [-0.15, -0.1) is 0 Å². The van der Waals surface area contributed by atoms with Gasteiger partial charge in [-0.1, -0.05) is 26.0 Å². The van der Waals surface area contributed by atoms with E-state index < -0.39 is 5.60 Å². The maximum atomic E-state index is 13.2. The molecule has 1 heterocycles. The van der Waals surface area contributed by atoms with E-state index in [1.54, 1.807) is 0 Å². The summed E-state index contributed by atoms with van der Waals surface area (Å²) in [5.74, 6) is 0.699. The van der Waals surface area contributed by atoms with Gasteiger partial charge in [0.1, 0.15) is 0 Å². The molecule has 3 nitrogen and oxygen atoms in total. The molecule has 2 saturated carbocycles. The summed E-state index contributed by atoms with van der Waals surface area (Å²) in [5, 5.41) is 3.17. The minimum absolute atomic E-state index is 0.0213. The quantitative estimate of drug-likeness (QED) is 0.901. The van der Waals surface area contributed by atoms with Crippen LogP contribution in [0.15, 0.2) is 18.2 Å². The SMILES string of the molecule is Cc1ccc(C)c(NC(=O)C23CC4CCC2(C)C4(C)CO3)c1. The van der Waals surface area contributed by atoms with Gasteiger partial charge in [0.05, 0.1) is 6.61 Å². The lowest BCUT2D eigenvalue weighted by atomic mass is 9.66. The lowest BCUT2D eigenvalue weighted by Crippen LogP contribution is -2.52. The number of hydrogen-bond donors (Lipinski definition) is 1. The minimum Gasteiger partial charge on any atom is -0.364 e. The Bertz CT molecular complexity index is 669. The summed E-state index contributed by atoms with van der Waals surface area (Å²) in [7, 11) is 0. The monoisotopic (exact) mass is 299 g/mol. The Balaban J connectivity index is 1.68. The molecule has 0 radical (unpaired) electrons. The average Bonchev–Trinajstić information content (AvgIpc) is 2.95. The number of carbonyl (C=O) groups excluding carboxylic acids is 1. The van der Waals surface area contributed by atoms with E-state index in [0.717, 1.165) is 36.3 Å². The third-order valence-electron chi connectivity index (χ3n) is 7.21. The number of ether oxygens (including phenoxy) is 1. The van der Waals surface area contributed by atoms with Crippen LogP contribution in [0.2, 0.25) is 0 Å². The van der Waals surface area contributed by atoms with Crippen LogP contribution in [0, 0.1) is 30.6 Å². The van der Waals surface area contributed by atoms with Gasteiger partial charge in [0.15, 0.2) is 5.60 Å². The van der Waals surface area contributed by atoms with Crippen molar-refractivity contribution in [3.8, 4) is 0 Å². The Hall–Kier alpha value is -1.35. The van der Waals surface area contributed by atoms with E-state index in [9.17, 15) is 4.79 Å². The number of anilines is 1. The third-order valence-corrected chi connectivity index (χ3v) is 7.21. The highest BCUT2D eigenvalue weighted by molar-refractivity contribution is 5.99. The number of hydrogen-bond acceptors (Lipinski definition) is 2. The van der Waals surface area contributed by atoms with Crippen LogP contribution in [-0.2, 0) is 9.53 Å². The molecule has 1 amide bonds. The molecule has 4 atom stereocenters. The molecule has 0 aromatic heterocycles. The van der Waals surface area contributed by atoms with Gasteiger partial charge in [0.25, 0.3) is 5.91 Å². The van der Waals surface area contributed by atoms with Crippen molar-refractivity contribution in [1.29, 1.82) is 0 Å². The Kier molecular flexibility index (Phi) is 2.68. The summed E-state index contributed by atoms with van der Waals surface area (Å²) in [5.41, 5.74) is 2.71. The smallest absolute Gasteiger partial charge is 0.257 e. The van der Waals surface area contributed by atoms with Gasteiger partial charge in [0.2, 0.25) is 0 Å². The number of nitrogens with one attached hydrogen (secondary N) is 1. The van der Waals surface area contributed by atoms with Crippen LogP contribution in [0.5, 0.6) is 0 Å². The fraction of sp³-hybridized carbons (Fsp3) is 0.632. The van der Waals surface area contributed by atoms with Crippen LogP contribution in [-0.4, -0.2) is 18.1 Å². The molecule has 1 saturated heterocycles. The molecular weight excluding hydrogens is 274 g/mol. The van der Waals surface area contributed by atoms with Gasteiger partial charge in [-0.25, -0.2) is 0 Å². The van der Waals surface area contributed by atoms with Crippen molar-refractivity contribution in [3.05, 3.63) is 29.3 Å². The van der Waals surface area contributed by atoms with Gasteiger partial charge in [-0.3, -0.25) is 4.79 Å². The fourth-order valence-electron chi connectivity index (χ4n) is 5.35. The van der Waals surface area contributed by atoms with Crippen molar-refractivity contribution in [1.82, 2.24) is 0 Å². The van der Waals surface area contributed by atoms with Crippen LogP contribution in [0.4, 0.5) is 5.69 Å². The molecule has 4 bridgehead atoms. The largest absolute Gasteiger partial charge is 0.364 e. The molecular formula is C19H25NO2. The summed E-state index contributed by atoms with van der Waals surface area (Å²) < 4.78 is 6.17. The van der Waals surface area contributed by atoms with Crippen LogP contribution >= 0.6 is 0 Å².